The quantitative estimate of drug-likeness (QED) is 0.317. The van der Waals surface area contributed by atoms with Gasteiger partial charge in [-0.1, -0.05) is 32.0 Å². The molecule has 2 heterocycles. The standard InChI is InChI=1S/C30H36N2O4/c1-17(2)16-32(26-15-18(3)23-11-9-10-12-25(23)31-26)29(34)30(8)14-13-24-21(6)27(35-22(7)33)19(4)20(5)28(24)36-30/h9-12,15,17H,13-14,16H2,1-8H3. The minimum atomic E-state index is -1.05. The lowest BCUT2D eigenvalue weighted by molar-refractivity contribution is -0.134. The van der Waals surface area contributed by atoms with Crippen LogP contribution in [-0.4, -0.2) is 29.0 Å². The fourth-order valence-corrected chi connectivity index (χ4v) is 5.08. The molecular formula is C30H36N2O4. The summed E-state index contributed by atoms with van der Waals surface area (Å²) in [5.74, 6) is 1.77. The molecule has 4 rings (SSSR count). The summed E-state index contributed by atoms with van der Waals surface area (Å²) >= 11 is 0. The molecule has 0 bridgehead atoms. The molecule has 0 radical (unpaired) electrons. The van der Waals surface area contributed by atoms with E-state index < -0.39 is 5.60 Å². The Kier molecular flexibility index (Phi) is 6.82. The van der Waals surface area contributed by atoms with Gasteiger partial charge in [0.05, 0.1) is 5.52 Å². The summed E-state index contributed by atoms with van der Waals surface area (Å²) in [6, 6.07) is 9.99. The van der Waals surface area contributed by atoms with Crippen LogP contribution in [0, 0.1) is 33.6 Å². The van der Waals surface area contributed by atoms with Crippen LogP contribution in [-0.2, 0) is 16.0 Å². The van der Waals surface area contributed by atoms with E-state index in [9.17, 15) is 9.59 Å². The van der Waals surface area contributed by atoms with E-state index in [1.54, 1.807) is 4.90 Å². The minimum absolute atomic E-state index is 0.0946. The van der Waals surface area contributed by atoms with Crippen molar-refractivity contribution in [2.45, 2.75) is 73.8 Å². The van der Waals surface area contributed by atoms with Gasteiger partial charge >= 0.3 is 5.97 Å². The number of hydrogen-bond acceptors (Lipinski definition) is 5. The van der Waals surface area contributed by atoms with Gasteiger partial charge in [0.2, 0.25) is 0 Å². The van der Waals surface area contributed by atoms with Gasteiger partial charge in [-0.3, -0.25) is 14.5 Å². The highest BCUT2D eigenvalue weighted by atomic mass is 16.5. The van der Waals surface area contributed by atoms with Gasteiger partial charge in [-0.05, 0) is 81.3 Å². The molecule has 190 valence electrons. The number of esters is 1. The van der Waals surface area contributed by atoms with Crippen molar-refractivity contribution in [3.05, 3.63) is 58.1 Å². The molecule has 6 nitrogen and oxygen atoms in total. The molecule has 6 heteroatoms. The van der Waals surface area contributed by atoms with Crippen LogP contribution in [0.25, 0.3) is 10.9 Å². The van der Waals surface area contributed by atoms with Gasteiger partial charge < -0.3 is 9.47 Å². The zero-order chi connectivity index (χ0) is 26.4. The van der Waals surface area contributed by atoms with Gasteiger partial charge in [-0.25, -0.2) is 4.98 Å². The third-order valence-corrected chi connectivity index (χ3v) is 7.17. The molecular weight excluding hydrogens is 452 g/mol. The summed E-state index contributed by atoms with van der Waals surface area (Å²) in [6.45, 7) is 15.9. The minimum Gasteiger partial charge on any atom is -0.477 e. The molecule has 0 N–H and O–H groups in total. The first-order valence-corrected chi connectivity index (χ1v) is 12.6. The molecule has 1 aromatic heterocycles. The van der Waals surface area contributed by atoms with Crippen molar-refractivity contribution in [1.29, 1.82) is 0 Å². The first-order valence-electron chi connectivity index (χ1n) is 12.6. The number of anilines is 1. The zero-order valence-corrected chi connectivity index (χ0v) is 22.6. The van der Waals surface area contributed by atoms with Crippen LogP contribution in [0.1, 0.15) is 61.9 Å². The number of carbonyl (C=O) groups is 2. The number of para-hydroxylation sites is 1. The molecule has 0 spiro atoms. The summed E-state index contributed by atoms with van der Waals surface area (Å²) in [4.78, 5) is 32.5. The van der Waals surface area contributed by atoms with Gasteiger partial charge in [0.15, 0.2) is 5.60 Å². The summed E-state index contributed by atoms with van der Waals surface area (Å²) < 4.78 is 12.1. The Labute approximate surface area is 213 Å². The number of benzene rings is 2. The highest BCUT2D eigenvalue weighted by molar-refractivity contribution is 6.00. The Hall–Kier alpha value is -3.41. The lowest BCUT2D eigenvalue weighted by atomic mass is 9.86. The van der Waals surface area contributed by atoms with Gasteiger partial charge in [-0.2, -0.15) is 0 Å². The summed E-state index contributed by atoms with van der Waals surface area (Å²) in [7, 11) is 0. The van der Waals surface area contributed by atoms with E-state index in [4.69, 9.17) is 14.5 Å². The third kappa shape index (κ3) is 4.57. The number of rotatable bonds is 5. The normalized spacial score (nSPS) is 17.0. The van der Waals surface area contributed by atoms with Crippen molar-refractivity contribution in [3.63, 3.8) is 0 Å². The van der Waals surface area contributed by atoms with E-state index >= 15 is 0 Å². The Balaban J connectivity index is 1.75. The average Bonchev–Trinajstić information content (AvgIpc) is 2.83. The summed E-state index contributed by atoms with van der Waals surface area (Å²) in [5, 5.41) is 1.08. The number of ether oxygens (including phenoxy) is 2. The molecule has 1 unspecified atom stereocenters. The zero-order valence-electron chi connectivity index (χ0n) is 22.6. The second-order valence-electron chi connectivity index (χ2n) is 10.6. The number of aromatic nitrogens is 1. The first-order chi connectivity index (χ1) is 16.9. The van der Waals surface area contributed by atoms with Gasteiger partial charge in [0.1, 0.15) is 17.3 Å². The summed E-state index contributed by atoms with van der Waals surface area (Å²) in [6.07, 6.45) is 1.17. The summed E-state index contributed by atoms with van der Waals surface area (Å²) in [5.41, 5.74) is 4.53. The average molecular weight is 489 g/mol. The molecule has 0 saturated heterocycles. The van der Waals surface area contributed by atoms with E-state index in [2.05, 4.69) is 26.8 Å². The second kappa shape index (κ2) is 9.57. The maximum atomic E-state index is 14.2. The predicted molar refractivity (Wildman–Crippen MR) is 143 cm³/mol. The van der Waals surface area contributed by atoms with Crippen LogP contribution in [0.15, 0.2) is 30.3 Å². The molecule has 1 amide bonds. The molecule has 3 aromatic rings. The number of amides is 1. The molecule has 36 heavy (non-hydrogen) atoms. The van der Waals surface area contributed by atoms with Crippen molar-refractivity contribution in [1.82, 2.24) is 4.98 Å². The van der Waals surface area contributed by atoms with Gasteiger partial charge in [0, 0.05) is 30.8 Å². The fraction of sp³-hybridized carbons (Fsp3) is 0.433. The molecule has 0 saturated carbocycles. The monoisotopic (exact) mass is 488 g/mol. The van der Waals surface area contributed by atoms with Crippen LogP contribution in [0.2, 0.25) is 0 Å². The molecule has 2 aromatic carbocycles. The third-order valence-electron chi connectivity index (χ3n) is 7.17. The number of pyridine rings is 1. The Morgan fingerprint density at radius 3 is 2.47 bits per heavy atom. The highest BCUT2D eigenvalue weighted by Crippen LogP contribution is 2.44. The molecule has 1 atom stereocenters. The van der Waals surface area contributed by atoms with E-state index in [0.717, 1.165) is 44.5 Å². The van der Waals surface area contributed by atoms with Crippen molar-refractivity contribution >= 4 is 28.6 Å². The second-order valence-corrected chi connectivity index (χ2v) is 10.6. The fourth-order valence-electron chi connectivity index (χ4n) is 5.08. The van der Waals surface area contributed by atoms with E-state index in [0.29, 0.717) is 31.0 Å². The maximum Gasteiger partial charge on any atom is 0.308 e. The molecule has 0 aliphatic carbocycles. The van der Waals surface area contributed by atoms with Crippen LogP contribution < -0.4 is 14.4 Å². The largest absolute Gasteiger partial charge is 0.477 e. The van der Waals surface area contributed by atoms with Crippen molar-refractivity contribution < 1.29 is 19.1 Å². The number of fused-ring (bicyclic) bond motifs is 2. The van der Waals surface area contributed by atoms with Crippen LogP contribution in [0.5, 0.6) is 11.5 Å². The number of aryl methyl sites for hydroxylation is 1. The highest BCUT2D eigenvalue weighted by Gasteiger charge is 2.44. The van der Waals surface area contributed by atoms with Crippen molar-refractivity contribution in [2.75, 3.05) is 11.4 Å². The predicted octanol–water partition coefficient (Wildman–Crippen LogP) is 6.17. The molecule has 1 aliphatic rings. The first kappa shape index (κ1) is 25.7. The SMILES string of the molecule is CC(=O)Oc1c(C)c(C)c2c(c1C)CCC(C)(C(=O)N(CC(C)C)c1cc(C)c3ccccc3n1)O2. The number of hydrogen-bond donors (Lipinski definition) is 0. The van der Waals surface area contributed by atoms with Crippen LogP contribution >= 0.6 is 0 Å². The smallest absolute Gasteiger partial charge is 0.308 e. The van der Waals surface area contributed by atoms with Crippen molar-refractivity contribution in [2.24, 2.45) is 5.92 Å². The lowest BCUT2D eigenvalue weighted by Crippen LogP contribution is -2.54. The Morgan fingerprint density at radius 1 is 1.11 bits per heavy atom. The van der Waals surface area contributed by atoms with Crippen molar-refractivity contribution in [3.8, 4) is 11.5 Å². The van der Waals surface area contributed by atoms with Crippen LogP contribution in [0.3, 0.4) is 0 Å². The van der Waals surface area contributed by atoms with Crippen LogP contribution in [0.4, 0.5) is 5.82 Å². The maximum absolute atomic E-state index is 14.2. The number of carbonyl (C=O) groups excluding carboxylic acids is 2. The van der Waals surface area contributed by atoms with E-state index in [1.807, 2.05) is 52.0 Å². The topological polar surface area (TPSA) is 68.7 Å². The lowest BCUT2D eigenvalue weighted by Gasteiger charge is -2.40. The van der Waals surface area contributed by atoms with Gasteiger partial charge in [0.25, 0.3) is 5.91 Å². The molecule has 0 fully saturated rings. The van der Waals surface area contributed by atoms with E-state index in [-0.39, 0.29) is 17.8 Å². The number of nitrogens with zero attached hydrogens (tertiary/aromatic N) is 2. The Bertz CT molecular complexity index is 1360. The van der Waals surface area contributed by atoms with Gasteiger partial charge in [-0.15, -0.1) is 0 Å². The van der Waals surface area contributed by atoms with E-state index in [1.165, 1.54) is 6.92 Å². The molecule has 1 aliphatic heterocycles. The Morgan fingerprint density at radius 2 is 1.81 bits per heavy atom.